The lowest BCUT2D eigenvalue weighted by Crippen LogP contribution is -2.12. The van der Waals surface area contributed by atoms with E-state index in [0.717, 1.165) is 25.6 Å². The first kappa shape index (κ1) is 11.0. The van der Waals surface area contributed by atoms with Gasteiger partial charge in [0.15, 0.2) is 6.29 Å². The minimum absolute atomic E-state index is 0.0941. The molecule has 1 fully saturated rings. The quantitative estimate of drug-likeness (QED) is 0.594. The number of hydrogen-bond donors (Lipinski definition) is 0. The van der Waals surface area contributed by atoms with Gasteiger partial charge < -0.3 is 9.47 Å². The van der Waals surface area contributed by atoms with Crippen LogP contribution >= 0.6 is 0 Å². The topological polar surface area (TPSA) is 18.5 Å². The number of ether oxygens (including phenoxy) is 2. The van der Waals surface area contributed by atoms with Crippen molar-refractivity contribution in [2.75, 3.05) is 13.2 Å². The fourth-order valence-electron chi connectivity index (χ4n) is 1.73. The van der Waals surface area contributed by atoms with E-state index in [4.69, 9.17) is 9.47 Å². The molecule has 1 heterocycles. The van der Waals surface area contributed by atoms with Crippen molar-refractivity contribution in [2.45, 2.75) is 52.2 Å². The van der Waals surface area contributed by atoms with Crippen LogP contribution in [0.4, 0.5) is 0 Å². The second-order valence-corrected chi connectivity index (χ2v) is 4.01. The van der Waals surface area contributed by atoms with Gasteiger partial charge in [-0.05, 0) is 5.92 Å². The van der Waals surface area contributed by atoms with Gasteiger partial charge in [0, 0.05) is 6.42 Å². The minimum Gasteiger partial charge on any atom is -0.350 e. The van der Waals surface area contributed by atoms with Crippen molar-refractivity contribution in [2.24, 2.45) is 5.92 Å². The predicted molar refractivity (Wildman–Crippen MR) is 53.6 cm³/mol. The van der Waals surface area contributed by atoms with Crippen LogP contribution in [0, 0.1) is 5.92 Å². The molecule has 1 unspecified atom stereocenters. The first-order chi connectivity index (χ1) is 6.33. The maximum Gasteiger partial charge on any atom is 0.158 e. The highest BCUT2D eigenvalue weighted by Gasteiger charge is 2.18. The van der Waals surface area contributed by atoms with E-state index in [0.29, 0.717) is 0 Å². The van der Waals surface area contributed by atoms with Crippen LogP contribution in [0.25, 0.3) is 0 Å². The van der Waals surface area contributed by atoms with Crippen LogP contribution in [0.3, 0.4) is 0 Å². The molecular formula is C11H22O2. The predicted octanol–water partition coefficient (Wildman–Crippen LogP) is 2.97. The summed E-state index contributed by atoms with van der Waals surface area (Å²) < 4.78 is 10.8. The van der Waals surface area contributed by atoms with Gasteiger partial charge in [-0.15, -0.1) is 0 Å². The molecule has 1 aliphatic rings. The Labute approximate surface area is 81.6 Å². The highest BCUT2D eigenvalue weighted by molar-refractivity contribution is 4.59. The summed E-state index contributed by atoms with van der Waals surface area (Å²) in [7, 11) is 0. The fraction of sp³-hybridized carbons (Fsp3) is 1.00. The van der Waals surface area contributed by atoms with E-state index >= 15 is 0 Å². The number of hydrogen-bond acceptors (Lipinski definition) is 2. The van der Waals surface area contributed by atoms with Crippen molar-refractivity contribution in [3.8, 4) is 0 Å². The molecule has 1 aliphatic heterocycles. The Kier molecular flexibility index (Phi) is 5.40. The Morgan fingerprint density at radius 3 is 2.54 bits per heavy atom. The molecule has 2 heteroatoms. The van der Waals surface area contributed by atoms with Gasteiger partial charge in [0.1, 0.15) is 0 Å². The molecule has 0 amide bonds. The average molecular weight is 186 g/mol. The van der Waals surface area contributed by atoms with Crippen LogP contribution in [0.2, 0.25) is 0 Å². The lowest BCUT2D eigenvalue weighted by molar-refractivity contribution is -0.0562. The summed E-state index contributed by atoms with van der Waals surface area (Å²) in [6, 6.07) is 0. The van der Waals surface area contributed by atoms with Gasteiger partial charge in [0.2, 0.25) is 0 Å². The van der Waals surface area contributed by atoms with Gasteiger partial charge in [-0.2, -0.15) is 0 Å². The van der Waals surface area contributed by atoms with Crippen molar-refractivity contribution >= 4 is 0 Å². The Morgan fingerprint density at radius 1 is 1.23 bits per heavy atom. The molecule has 1 atom stereocenters. The molecule has 0 aromatic heterocycles. The van der Waals surface area contributed by atoms with Crippen LogP contribution in [0.5, 0.6) is 0 Å². The van der Waals surface area contributed by atoms with E-state index < -0.39 is 0 Å². The zero-order valence-corrected chi connectivity index (χ0v) is 8.92. The standard InChI is InChI=1S/C11H22O2/c1-3-4-5-6-10(2)9-11-12-7-8-13-11/h10-11H,3-9H2,1-2H3. The van der Waals surface area contributed by atoms with Gasteiger partial charge in [-0.1, -0.05) is 39.5 Å². The molecule has 13 heavy (non-hydrogen) atoms. The SMILES string of the molecule is CCCCCC(C)CC1OCCO1. The van der Waals surface area contributed by atoms with Gasteiger partial charge in [-0.25, -0.2) is 0 Å². The first-order valence-electron chi connectivity index (χ1n) is 5.56. The number of unbranched alkanes of at least 4 members (excludes halogenated alkanes) is 2. The molecule has 0 spiro atoms. The smallest absolute Gasteiger partial charge is 0.158 e. The van der Waals surface area contributed by atoms with Crippen LogP contribution in [0.1, 0.15) is 46.0 Å². The maximum absolute atomic E-state index is 5.41. The second kappa shape index (κ2) is 6.39. The maximum atomic E-state index is 5.41. The molecule has 0 N–H and O–H groups in total. The molecule has 78 valence electrons. The first-order valence-corrected chi connectivity index (χ1v) is 5.56. The normalized spacial score (nSPS) is 20.8. The molecule has 0 aliphatic carbocycles. The minimum atomic E-state index is 0.0941. The lowest BCUT2D eigenvalue weighted by Gasteiger charge is -2.15. The largest absolute Gasteiger partial charge is 0.350 e. The van der Waals surface area contributed by atoms with E-state index in [1.807, 2.05) is 0 Å². The molecule has 1 rings (SSSR count). The molecule has 1 saturated heterocycles. The van der Waals surface area contributed by atoms with Gasteiger partial charge in [0.05, 0.1) is 13.2 Å². The Hall–Kier alpha value is -0.0800. The van der Waals surface area contributed by atoms with Gasteiger partial charge >= 0.3 is 0 Å². The van der Waals surface area contributed by atoms with Crippen molar-refractivity contribution in [3.63, 3.8) is 0 Å². The van der Waals surface area contributed by atoms with Crippen LogP contribution in [-0.2, 0) is 9.47 Å². The highest BCUT2D eigenvalue weighted by atomic mass is 16.7. The third-order valence-corrected chi connectivity index (χ3v) is 2.59. The van der Waals surface area contributed by atoms with E-state index in [1.54, 1.807) is 0 Å². The van der Waals surface area contributed by atoms with Crippen LogP contribution in [0.15, 0.2) is 0 Å². The summed E-state index contributed by atoms with van der Waals surface area (Å²) in [6.45, 7) is 6.10. The third-order valence-electron chi connectivity index (χ3n) is 2.59. The zero-order valence-electron chi connectivity index (χ0n) is 8.92. The van der Waals surface area contributed by atoms with Crippen molar-refractivity contribution < 1.29 is 9.47 Å². The summed E-state index contributed by atoms with van der Waals surface area (Å²) in [5, 5.41) is 0. The summed E-state index contributed by atoms with van der Waals surface area (Å²) in [4.78, 5) is 0. The van der Waals surface area contributed by atoms with Crippen LogP contribution < -0.4 is 0 Å². The van der Waals surface area contributed by atoms with E-state index in [9.17, 15) is 0 Å². The Bertz CT molecular complexity index is 119. The lowest BCUT2D eigenvalue weighted by atomic mass is 10.00. The molecule has 0 aromatic carbocycles. The number of rotatable bonds is 6. The summed E-state index contributed by atoms with van der Waals surface area (Å²) in [5.74, 6) is 0.745. The van der Waals surface area contributed by atoms with E-state index in [1.165, 1.54) is 25.7 Å². The Morgan fingerprint density at radius 2 is 1.92 bits per heavy atom. The fourth-order valence-corrected chi connectivity index (χ4v) is 1.73. The molecule has 0 aromatic rings. The van der Waals surface area contributed by atoms with Gasteiger partial charge in [-0.3, -0.25) is 0 Å². The summed E-state index contributed by atoms with van der Waals surface area (Å²) >= 11 is 0. The Balaban J connectivity index is 1.99. The van der Waals surface area contributed by atoms with Crippen LogP contribution in [-0.4, -0.2) is 19.5 Å². The summed E-state index contributed by atoms with van der Waals surface area (Å²) in [6.07, 6.45) is 6.50. The van der Waals surface area contributed by atoms with Gasteiger partial charge in [0.25, 0.3) is 0 Å². The molecule has 0 radical (unpaired) electrons. The van der Waals surface area contributed by atoms with E-state index in [-0.39, 0.29) is 6.29 Å². The molecular weight excluding hydrogens is 164 g/mol. The second-order valence-electron chi connectivity index (χ2n) is 4.01. The van der Waals surface area contributed by atoms with E-state index in [2.05, 4.69) is 13.8 Å². The summed E-state index contributed by atoms with van der Waals surface area (Å²) in [5.41, 5.74) is 0. The van der Waals surface area contributed by atoms with Crippen molar-refractivity contribution in [1.29, 1.82) is 0 Å². The molecule has 2 nitrogen and oxygen atoms in total. The average Bonchev–Trinajstić information content (AvgIpc) is 2.57. The zero-order chi connectivity index (χ0) is 9.52. The van der Waals surface area contributed by atoms with Crippen molar-refractivity contribution in [1.82, 2.24) is 0 Å². The highest BCUT2D eigenvalue weighted by Crippen LogP contribution is 2.19. The monoisotopic (exact) mass is 186 g/mol. The third kappa shape index (κ3) is 4.63. The molecule has 0 saturated carbocycles. The molecule has 0 bridgehead atoms. The van der Waals surface area contributed by atoms with Crippen molar-refractivity contribution in [3.05, 3.63) is 0 Å².